The summed E-state index contributed by atoms with van der Waals surface area (Å²) in [5, 5.41) is 0.965. The first kappa shape index (κ1) is 20.5. The number of rotatable bonds is 6. The Bertz CT molecular complexity index is 976. The van der Waals surface area contributed by atoms with Crippen LogP contribution in [0.3, 0.4) is 0 Å². The number of carbonyl (C=O) groups excluding carboxylic acids is 1. The fourth-order valence-corrected chi connectivity index (χ4v) is 5.85. The summed E-state index contributed by atoms with van der Waals surface area (Å²) in [6.07, 6.45) is 2.77. The van der Waals surface area contributed by atoms with Gasteiger partial charge in [-0.25, -0.2) is 4.98 Å². The van der Waals surface area contributed by atoms with Gasteiger partial charge in [-0.3, -0.25) is 14.2 Å². The maximum absolute atomic E-state index is 13.0. The van der Waals surface area contributed by atoms with Crippen molar-refractivity contribution in [1.82, 2.24) is 9.55 Å². The van der Waals surface area contributed by atoms with Gasteiger partial charge in [0.25, 0.3) is 5.56 Å². The van der Waals surface area contributed by atoms with Crippen molar-refractivity contribution in [3.05, 3.63) is 45.9 Å². The van der Waals surface area contributed by atoms with E-state index in [0.717, 1.165) is 42.1 Å². The minimum absolute atomic E-state index is 0.0142. The summed E-state index contributed by atoms with van der Waals surface area (Å²) < 4.78 is 6.84. The molecular formula is C21H25N3O3S2. The van der Waals surface area contributed by atoms with Crippen LogP contribution in [0.15, 0.2) is 39.1 Å². The van der Waals surface area contributed by atoms with Gasteiger partial charge in [-0.2, -0.15) is 0 Å². The Morgan fingerprint density at radius 1 is 1.38 bits per heavy atom. The molecule has 0 radical (unpaired) electrons. The van der Waals surface area contributed by atoms with Crippen molar-refractivity contribution in [2.24, 2.45) is 0 Å². The number of amides is 1. The first-order valence-corrected chi connectivity index (χ1v) is 11.8. The molecule has 3 heterocycles. The number of aromatic nitrogens is 2. The minimum atomic E-state index is -0.0142. The van der Waals surface area contributed by atoms with Gasteiger partial charge in [0.15, 0.2) is 5.16 Å². The number of nitrogens with zero attached hydrogens (tertiary/aromatic N) is 3. The van der Waals surface area contributed by atoms with Gasteiger partial charge in [0.2, 0.25) is 5.91 Å². The summed E-state index contributed by atoms with van der Waals surface area (Å²) in [5.41, 5.74) is 3.07. The van der Waals surface area contributed by atoms with Gasteiger partial charge in [-0.05, 0) is 24.5 Å². The van der Waals surface area contributed by atoms with Crippen molar-refractivity contribution in [3.8, 4) is 0 Å². The smallest absolute Gasteiger partial charge is 0.268 e. The molecule has 2 aliphatic rings. The molecule has 0 aliphatic carbocycles. The molecule has 0 saturated heterocycles. The zero-order valence-corrected chi connectivity index (χ0v) is 18.4. The van der Waals surface area contributed by atoms with Crippen molar-refractivity contribution < 1.29 is 9.53 Å². The van der Waals surface area contributed by atoms with Gasteiger partial charge in [0, 0.05) is 31.0 Å². The van der Waals surface area contributed by atoms with Crippen LogP contribution >= 0.6 is 23.5 Å². The van der Waals surface area contributed by atoms with E-state index in [1.807, 2.05) is 23.1 Å². The van der Waals surface area contributed by atoms with E-state index in [4.69, 9.17) is 9.72 Å². The minimum Gasteiger partial charge on any atom is -0.383 e. The number of thioether (sulfide) groups is 2. The van der Waals surface area contributed by atoms with Crippen LogP contribution in [0.5, 0.6) is 0 Å². The number of methoxy groups -OCH3 is 1. The molecule has 1 atom stereocenters. The average Bonchev–Trinajstić information content (AvgIpc) is 3.11. The molecule has 29 heavy (non-hydrogen) atoms. The van der Waals surface area contributed by atoms with Crippen LogP contribution in [0, 0.1) is 0 Å². The molecule has 4 rings (SSSR count). The second kappa shape index (κ2) is 8.93. The van der Waals surface area contributed by atoms with Crippen LogP contribution in [-0.4, -0.2) is 46.7 Å². The average molecular weight is 432 g/mol. The first-order chi connectivity index (χ1) is 14.1. The molecule has 1 aromatic heterocycles. The first-order valence-electron chi connectivity index (χ1n) is 9.89. The van der Waals surface area contributed by atoms with Crippen LogP contribution in [0.4, 0.5) is 5.69 Å². The Hall–Kier alpha value is -1.77. The number of carbonyl (C=O) groups is 1. The zero-order valence-electron chi connectivity index (χ0n) is 16.7. The van der Waals surface area contributed by atoms with Gasteiger partial charge < -0.3 is 9.64 Å². The number of hydrogen-bond acceptors (Lipinski definition) is 6. The maximum Gasteiger partial charge on any atom is 0.268 e. The van der Waals surface area contributed by atoms with E-state index < -0.39 is 0 Å². The van der Waals surface area contributed by atoms with Crippen LogP contribution in [0.1, 0.15) is 24.6 Å². The van der Waals surface area contributed by atoms with Crippen molar-refractivity contribution in [2.45, 2.75) is 48.0 Å². The van der Waals surface area contributed by atoms with Crippen LogP contribution in [-0.2, 0) is 28.9 Å². The Balaban J connectivity index is 1.55. The lowest BCUT2D eigenvalue weighted by molar-refractivity contribution is -0.116. The third-order valence-electron chi connectivity index (χ3n) is 5.22. The second-order valence-electron chi connectivity index (χ2n) is 7.32. The fraction of sp³-hybridized carbons (Fsp3) is 0.476. The monoisotopic (exact) mass is 431 g/mol. The molecule has 0 N–H and O–H groups in total. The molecule has 154 valence electrons. The van der Waals surface area contributed by atoms with Gasteiger partial charge in [0.1, 0.15) is 0 Å². The van der Waals surface area contributed by atoms with Crippen LogP contribution in [0.2, 0.25) is 0 Å². The third-order valence-corrected chi connectivity index (χ3v) is 7.39. The molecule has 0 spiro atoms. The number of para-hydroxylation sites is 1. The number of ether oxygens (including phenoxy) is 1. The van der Waals surface area contributed by atoms with Crippen LogP contribution in [0.25, 0.3) is 0 Å². The van der Waals surface area contributed by atoms with E-state index in [1.54, 1.807) is 23.4 Å². The molecule has 1 aromatic carbocycles. The van der Waals surface area contributed by atoms with Gasteiger partial charge in [-0.15, -0.1) is 11.8 Å². The van der Waals surface area contributed by atoms with Crippen LogP contribution < -0.4 is 10.5 Å². The fourth-order valence-electron chi connectivity index (χ4n) is 3.82. The van der Waals surface area contributed by atoms with E-state index >= 15 is 0 Å². The Labute approximate surface area is 179 Å². The summed E-state index contributed by atoms with van der Waals surface area (Å²) in [4.78, 5) is 33.3. The maximum atomic E-state index is 13.0. The van der Waals surface area contributed by atoms with E-state index in [0.29, 0.717) is 23.6 Å². The summed E-state index contributed by atoms with van der Waals surface area (Å²) in [7, 11) is 1.62. The highest BCUT2D eigenvalue weighted by molar-refractivity contribution is 8.00. The lowest BCUT2D eigenvalue weighted by Crippen LogP contribution is -2.37. The number of anilines is 1. The molecule has 8 heteroatoms. The Kier molecular flexibility index (Phi) is 6.32. The summed E-state index contributed by atoms with van der Waals surface area (Å²) in [6, 6.07) is 8.09. The second-order valence-corrected chi connectivity index (χ2v) is 9.71. The number of benzene rings is 1. The topological polar surface area (TPSA) is 64.4 Å². The predicted octanol–water partition coefficient (Wildman–Crippen LogP) is 3.00. The quantitative estimate of drug-likeness (QED) is 0.518. The normalized spacial score (nSPS) is 17.9. The molecule has 0 saturated carbocycles. The lowest BCUT2D eigenvalue weighted by atomic mass is 10.0. The SMILES string of the molecule is COCCn1c(SCC(=O)N2CCCc3ccccc32)nc2c(c1=O)S[C@H](C)C2. The van der Waals surface area contributed by atoms with Crippen molar-refractivity contribution in [2.75, 3.05) is 30.9 Å². The van der Waals surface area contributed by atoms with Crippen molar-refractivity contribution in [1.29, 1.82) is 0 Å². The number of aryl methyl sites for hydroxylation is 1. The predicted molar refractivity (Wildman–Crippen MR) is 117 cm³/mol. The molecule has 2 aliphatic heterocycles. The van der Waals surface area contributed by atoms with E-state index in [2.05, 4.69) is 13.0 Å². The number of fused-ring (bicyclic) bond motifs is 2. The van der Waals surface area contributed by atoms with Gasteiger partial charge in [0.05, 0.1) is 29.5 Å². The van der Waals surface area contributed by atoms with E-state index in [1.165, 1.54) is 17.3 Å². The van der Waals surface area contributed by atoms with Gasteiger partial charge >= 0.3 is 0 Å². The molecule has 1 amide bonds. The molecule has 0 bridgehead atoms. The Morgan fingerprint density at radius 2 is 2.21 bits per heavy atom. The lowest BCUT2D eigenvalue weighted by Gasteiger charge is -2.29. The standard InChI is InChI=1S/C21H25N3O3S2/c1-14-12-16-19(29-14)20(26)24(10-11-27-2)21(22-16)28-13-18(25)23-9-5-7-15-6-3-4-8-17(15)23/h3-4,6,8,14H,5,7,9-13H2,1-2H3/t14-/m1/s1. The zero-order chi connectivity index (χ0) is 20.4. The number of hydrogen-bond donors (Lipinski definition) is 0. The highest BCUT2D eigenvalue weighted by Crippen LogP contribution is 2.34. The van der Waals surface area contributed by atoms with E-state index in [-0.39, 0.29) is 17.2 Å². The molecular weight excluding hydrogens is 406 g/mol. The summed E-state index contributed by atoms with van der Waals surface area (Å²) in [5.74, 6) is 0.313. The highest BCUT2D eigenvalue weighted by Gasteiger charge is 2.27. The highest BCUT2D eigenvalue weighted by atomic mass is 32.2. The summed E-state index contributed by atoms with van der Waals surface area (Å²) >= 11 is 2.94. The summed E-state index contributed by atoms with van der Waals surface area (Å²) in [6.45, 7) is 3.71. The molecule has 6 nitrogen and oxygen atoms in total. The van der Waals surface area contributed by atoms with Crippen molar-refractivity contribution >= 4 is 35.1 Å². The van der Waals surface area contributed by atoms with Gasteiger partial charge in [-0.1, -0.05) is 36.9 Å². The molecule has 2 aromatic rings. The third kappa shape index (κ3) is 4.25. The van der Waals surface area contributed by atoms with Crippen molar-refractivity contribution in [3.63, 3.8) is 0 Å². The Morgan fingerprint density at radius 3 is 3.03 bits per heavy atom. The largest absolute Gasteiger partial charge is 0.383 e. The van der Waals surface area contributed by atoms with E-state index in [9.17, 15) is 9.59 Å². The molecule has 0 unspecified atom stereocenters. The molecule has 0 fully saturated rings.